The van der Waals surface area contributed by atoms with Crippen molar-refractivity contribution in [2.24, 2.45) is 0 Å². The van der Waals surface area contributed by atoms with Crippen LogP contribution in [0.15, 0.2) is 36.4 Å². The lowest BCUT2D eigenvalue weighted by Crippen LogP contribution is -2.00. The van der Waals surface area contributed by atoms with Crippen molar-refractivity contribution in [2.75, 3.05) is 19.8 Å². The summed E-state index contributed by atoms with van der Waals surface area (Å²) < 4.78 is 10.6. The molecule has 0 unspecified atom stereocenters. The number of rotatable bonds is 8. The van der Waals surface area contributed by atoms with Gasteiger partial charge in [-0.3, -0.25) is 0 Å². The van der Waals surface area contributed by atoms with Gasteiger partial charge in [0.25, 0.3) is 0 Å². The summed E-state index contributed by atoms with van der Waals surface area (Å²) in [5.41, 5.74) is 0. The first-order valence-corrected chi connectivity index (χ1v) is 5.58. The Bertz CT molecular complexity index is 383. The molecule has 1 rings (SSSR count). The second-order valence-corrected chi connectivity index (χ2v) is 3.45. The molecular weight excluding hydrogens is 236 g/mol. The standard InChI is InChI=1S/C13H16O5/c14-8-2-10-18-12-6-4-11(5-7-12)17-9-1-3-13(15)16/h1,3-7,14H,2,8-10H2,(H,15,16). The van der Waals surface area contributed by atoms with Gasteiger partial charge in [-0.25, -0.2) is 4.79 Å². The minimum Gasteiger partial charge on any atom is -0.494 e. The van der Waals surface area contributed by atoms with Gasteiger partial charge in [-0.15, -0.1) is 0 Å². The Balaban J connectivity index is 2.33. The first-order valence-electron chi connectivity index (χ1n) is 5.58. The average Bonchev–Trinajstić information content (AvgIpc) is 2.36. The Morgan fingerprint density at radius 2 is 1.78 bits per heavy atom. The van der Waals surface area contributed by atoms with Crippen molar-refractivity contribution in [2.45, 2.75) is 6.42 Å². The molecule has 0 heterocycles. The van der Waals surface area contributed by atoms with Crippen LogP contribution in [-0.4, -0.2) is 36.0 Å². The Morgan fingerprint density at radius 3 is 2.33 bits per heavy atom. The Labute approximate surface area is 105 Å². The van der Waals surface area contributed by atoms with Crippen molar-refractivity contribution in [1.29, 1.82) is 0 Å². The molecule has 0 aromatic heterocycles. The molecule has 0 aliphatic heterocycles. The normalized spacial score (nSPS) is 10.5. The first-order chi connectivity index (χ1) is 8.72. The lowest BCUT2D eigenvalue weighted by Gasteiger charge is -2.06. The van der Waals surface area contributed by atoms with E-state index in [1.165, 1.54) is 6.08 Å². The van der Waals surface area contributed by atoms with Gasteiger partial charge < -0.3 is 19.7 Å². The van der Waals surface area contributed by atoms with E-state index in [1.807, 2.05) is 0 Å². The lowest BCUT2D eigenvalue weighted by molar-refractivity contribution is -0.131. The maximum absolute atomic E-state index is 10.2. The number of benzene rings is 1. The molecule has 1 aromatic carbocycles. The van der Waals surface area contributed by atoms with E-state index in [0.717, 1.165) is 6.08 Å². The van der Waals surface area contributed by atoms with Crippen LogP contribution in [0.25, 0.3) is 0 Å². The third-order valence-corrected chi connectivity index (χ3v) is 2.00. The number of hydrogen-bond acceptors (Lipinski definition) is 4. The van der Waals surface area contributed by atoms with Crippen LogP contribution in [0, 0.1) is 0 Å². The van der Waals surface area contributed by atoms with E-state index in [0.29, 0.717) is 24.5 Å². The summed E-state index contributed by atoms with van der Waals surface area (Å²) in [6.45, 7) is 0.784. The molecule has 0 aliphatic rings. The van der Waals surface area contributed by atoms with Gasteiger partial charge in [0.05, 0.1) is 6.61 Å². The number of carboxylic acids is 1. The van der Waals surface area contributed by atoms with E-state index in [4.69, 9.17) is 19.7 Å². The van der Waals surface area contributed by atoms with Gasteiger partial charge in [-0.2, -0.15) is 0 Å². The van der Waals surface area contributed by atoms with Gasteiger partial charge in [-0.05, 0) is 30.3 Å². The zero-order valence-electron chi connectivity index (χ0n) is 9.91. The van der Waals surface area contributed by atoms with Crippen LogP contribution in [0.5, 0.6) is 11.5 Å². The second kappa shape index (κ2) is 8.14. The second-order valence-electron chi connectivity index (χ2n) is 3.45. The van der Waals surface area contributed by atoms with Crippen LogP contribution in [0.2, 0.25) is 0 Å². The largest absolute Gasteiger partial charge is 0.494 e. The van der Waals surface area contributed by atoms with Gasteiger partial charge in [-0.1, -0.05) is 0 Å². The molecule has 98 valence electrons. The topological polar surface area (TPSA) is 76.0 Å². The Kier molecular flexibility index (Phi) is 6.35. The summed E-state index contributed by atoms with van der Waals surface area (Å²) in [6.07, 6.45) is 3.05. The Hall–Kier alpha value is -2.01. The predicted molar refractivity (Wildman–Crippen MR) is 65.9 cm³/mol. The third kappa shape index (κ3) is 5.91. The highest BCUT2D eigenvalue weighted by molar-refractivity contribution is 5.79. The molecule has 5 nitrogen and oxygen atoms in total. The molecule has 2 N–H and O–H groups in total. The van der Waals surface area contributed by atoms with Gasteiger partial charge >= 0.3 is 5.97 Å². The zero-order valence-corrected chi connectivity index (χ0v) is 9.91. The molecule has 0 fully saturated rings. The molecule has 0 radical (unpaired) electrons. The molecule has 18 heavy (non-hydrogen) atoms. The molecule has 0 saturated heterocycles. The van der Waals surface area contributed by atoms with Crippen molar-refractivity contribution in [1.82, 2.24) is 0 Å². The fourth-order valence-corrected chi connectivity index (χ4v) is 1.18. The maximum Gasteiger partial charge on any atom is 0.328 e. The van der Waals surface area contributed by atoms with Crippen LogP contribution in [0.1, 0.15) is 6.42 Å². The molecule has 0 spiro atoms. The quantitative estimate of drug-likeness (QED) is 0.541. The van der Waals surface area contributed by atoms with E-state index in [-0.39, 0.29) is 13.2 Å². The van der Waals surface area contributed by atoms with Crippen LogP contribution < -0.4 is 9.47 Å². The summed E-state index contributed by atoms with van der Waals surface area (Å²) in [5, 5.41) is 17.0. The molecule has 0 bridgehead atoms. The van der Waals surface area contributed by atoms with Crippen molar-refractivity contribution < 1.29 is 24.5 Å². The van der Waals surface area contributed by atoms with Crippen LogP contribution >= 0.6 is 0 Å². The monoisotopic (exact) mass is 252 g/mol. The van der Waals surface area contributed by atoms with Crippen molar-refractivity contribution in [3.63, 3.8) is 0 Å². The number of aliphatic carboxylic acids is 1. The first kappa shape index (κ1) is 14.1. The summed E-state index contributed by atoms with van der Waals surface area (Å²) in [6, 6.07) is 6.99. The van der Waals surface area contributed by atoms with Crippen LogP contribution in [0.4, 0.5) is 0 Å². The third-order valence-electron chi connectivity index (χ3n) is 2.00. The number of ether oxygens (including phenoxy) is 2. The SMILES string of the molecule is O=C(O)C=CCOc1ccc(OCCCO)cc1. The van der Waals surface area contributed by atoms with Gasteiger partial charge in [0.2, 0.25) is 0 Å². The fraction of sp³-hybridized carbons (Fsp3) is 0.308. The smallest absolute Gasteiger partial charge is 0.328 e. The lowest BCUT2D eigenvalue weighted by atomic mass is 10.3. The molecule has 0 atom stereocenters. The number of aliphatic hydroxyl groups excluding tert-OH is 1. The average molecular weight is 252 g/mol. The number of hydrogen-bond donors (Lipinski definition) is 2. The van der Waals surface area contributed by atoms with Crippen molar-refractivity contribution >= 4 is 5.97 Å². The summed E-state index contributed by atoms with van der Waals surface area (Å²) >= 11 is 0. The number of aliphatic hydroxyl groups is 1. The van der Waals surface area contributed by atoms with Crippen molar-refractivity contribution in [3.8, 4) is 11.5 Å². The minimum absolute atomic E-state index is 0.108. The van der Waals surface area contributed by atoms with Crippen LogP contribution in [-0.2, 0) is 4.79 Å². The fourth-order valence-electron chi connectivity index (χ4n) is 1.18. The van der Waals surface area contributed by atoms with Gasteiger partial charge in [0.15, 0.2) is 0 Å². The van der Waals surface area contributed by atoms with Crippen molar-refractivity contribution in [3.05, 3.63) is 36.4 Å². The zero-order chi connectivity index (χ0) is 13.2. The number of carboxylic acid groups (broad SMARTS) is 1. The molecule has 0 saturated carbocycles. The minimum atomic E-state index is -0.994. The molecule has 1 aromatic rings. The summed E-state index contributed by atoms with van der Waals surface area (Å²) in [4.78, 5) is 10.2. The highest BCUT2D eigenvalue weighted by Crippen LogP contribution is 2.17. The van der Waals surface area contributed by atoms with E-state index < -0.39 is 5.97 Å². The van der Waals surface area contributed by atoms with E-state index in [1.54, 1.807) is 24.3 Å². The summed E-state index contributed by atoms with van der Waals surface area (Å²) in [7, 11) is 0. The van der Waals surface area contributed by atoms with E-state index in [2.05, 4.69) is 0 Å². The highest BCUT2D eigenvalue weighted by atomic mass is 16.5. The van der Waals surface area contributed by atoms with E-state index in [9.17, 15) is 4.79 Å². The molecular formula is C13H16O5. The highest BCUT2D eigenvalue weighted by Gasteiger charge is 1.95. The molecule has 0 amide bonds. The molecule has 0 aliphatic carbocycles. The summed E-state index contributed by atoms with van der Waals surface area (Å²) in [5.74, 6) is 0.350. The van der Waals surface area contributed by atoms with Gasteiger partial charge in [0.1, 0.15) is 18.1 Å². The van der Waals surface area contributed by atoms with Crippen LogP contribution in [0.3, 0.4) is 0 Å². The maximum atomic E-state index is 10.2. The molecule has 5 heteroatoms. The predicted octanol–water partition coefficient (Wildman–Crippen LogP) is 1.47. The van der Waals surface area contributed by atoms with E-state index >= 15 is 0 Å². The van der Waals surface area contributed by atoms with Gasteiger partial charge in [0, 0.05) is 19.1 Å². The Morgan fingerprint density at radius 1 is 1.17 bits per heavy atom. The number of carbonyl (C=O) groups is 1.